The molecule has 1 aromatic heterocycles. The van der Waals surface area contributed by atoms with E-state index in [-0.39, 0.29) is 5.56 Å². The van der Waals surface area contributed by atoms with Gasteiger partial charge in [0.15, 0.2) is 0 Å². The minimum absolute atomic E-state index is 0.289. The number of nitrogens with one attached hydrogen (secondary N) is 1. The first-order valence-electron chi connectivity index (χ1n) is 12.4. The summed E-state index contributed by atoms with van der Waals surface area (Å²) >= 11 is 0. The average Bonchev–Trinajstić information content (AvgIpc) is 3.24. The van der Waals surface area contributed by atoms with E-state index < -0.39 is 6.09 Å². The van der Waals surface area contributed by atoms with Crippen LogP contribution in [0.3, 0.4) is 0 Å². The zero-order valence-corrected chi connectivity index (χ0v) is 20.2. The maximum absolute atomic E-state index is 12.3. The topological polar surface area (TPSA) is 94.0 Å². The van der Waals surface area contributed by atoms with Crippen molar-refractivity contribution in [1.29, 1.82) is 5.26 Å². The lowest BCUT2D eigenvalue weighted by atomic mass is 9.99. The molecule has 0 saturated carbocycles. The molecule has 1 amide bonds. The number of nitrogens with zero attached hydrogens (tertiary/aromatic N) is 5. The summed E-state index contributed by atoms with van der Waals surface area (Å²) in [7, 11) is 2.09. The molecular formula is C26H32N6O3. The van der Waals surface area contributed by atoms with Crippen molar-refractivity contribution in [1.82, 2.24) is 19.7 Å². The molecule has 9 heteroatoms. The predicted molar refractivity (Wildman–Crippen MR) is 131 cm³/mol. The highest BCUT2D eigenvalue weighted by Gasteiger charge is 2.29. The van der Waals surface area contributed by atoms with Gasteiger partial charge < -0.3 is 19.4 Å². The van der Waals surface area contributed by atoms with E-state index in [0.717, 1.165) is 50.2 Å². The Bertz CT molecular complexity index is 1100. The molecule has 0 unspecified atom stereocenters. The Balaban J connectivity index is 1.40. The summed E-state index contributed by atoms with van der Waals surface area (Å²) in [5.74, 6) is 0.301. The lowest BCUT2D eigenvalue weighted by Gasteiger charge is -2.32. The number of hydrogen-bond donors (Lipinski definition) is 1. The van der Waals surface area contributed by atoms with Crippen LogP contribution in [0.15, 0.2) is 30.3 Å². The van der Waals surface area contributed by atoms with Gasteiger partial charge in [0.2, 0.25) is 5.88 Å². The third kappa shape index (κ3) is 5.19. The second kappa shape index (κ2) is 10.5. The van der Waals surface area contributed by atoms with Crippen LogP contribution in [0.5, 0.6) is 5.88 Å². The maximum Gasteiger partial charge on any atom is 0.434 e. The Morgan fingerprint density at radius 3 is 2.71 bits per heavy atom. The van der Waals surface area contributed by atoms with Crippen LogP contribution in [-0.4, -0.2) is 71.7 Å². The molecule has 0 radical (unpaired) electrons. The largest absolute Gasteiger partial charge is 0.475 e. The number of hydrogen-bond acceptors (Lipinski definition) is 8. The molecule has 184 valence electrons. The van der Waals surface area contributed by atoms with Gasteiger partial charge in [-0.05, 0) is 44.8 Å². The van der Waals surface area contributed by atoms with Gasteiger partial charge in [0, 0.05) is 44.3 Å². The van der Waals surface area contributed by atoms with Gasteiger partial charge in [0.05, 0.1) is 5.69 Å². The van der Waals surface area contributed by atoms with Crippen LogP contribution < -0.4 is 10.2 Å². The second-order valence-corrected chi connectivity index (χ2v) is 9.55. The molecular weight excluding hydrogens is 444 g/mol. The molecule has 2 fully saturated rings. The van der Waals surface area contributed by atoms with Crippen molar-refractivity contribution >= 4 is 11.8 Å². The van der Waals surface area contributed by atoms with Gasteiger partial charge in [-0.15, -0.1) is 0 Å². The fourth-order valence-electron chi connectivity index (χ4n) is 4.93. The van der Waals surface area contributed by atoms with Gasteiger partial charge in [-0.2, -0.15) is 5.26 Å². The fraction of sp³-hybridized carbons (Fsp3) is 0.500. The molecule has 35 heavy (non-hydrogen) atoms. The van der Waals surface area contributed by atoms with Gasteiger partial charge in [-0.25, -0.2) is 15.3 Å². The number of aromatic nitrogens is 1. The molecule has 9 nitrogen and oxygen atoms in total. The Hall–Kier alpha value is -3.35. The highest BCUT2D eigenvalue weighted by Crippen LogP contribution is 2.34. The molecule has 5 rings (SSSR count). The average molecular weight is 477 g/mol. The van der Waals surface area contributed by atoms with Gasteiger partial charge >= 0.3 is 6.09 Å². The van der Waals surface area contributed by atoms with Crippen molar-refractivity contribution in [2.24, 2.45) is 0 Å². The number of benzene rings is 1. The molecule has 2 saturated heterocycles. The molecule has 1 atom stereocenters. The van der Waals surface area contributed by atoms with E-state index in [4.69, 9.17) is 14.6 Å². The summed E-state index contributed by atoms with van der Waals surface area (Å²) in [5, 5.41) is 10.0. The lowest BCUT2D eigenvalue weighted by Crippen LogP contribution is -2.43. The number of carbonyl (C=O) groups is 1. The minimum atomic E-state index is -0.428. The van der Waals surface area contributed by atoms with Crippen molar-refractivity contribution < 1.29 is 14.4 Å². The van der Waals surface area contributed by atoms with Gasteiger partial charge in [0.1, 0.15) is 23.9 Å². The van der Waals surface area contributed by atoms with E-state index in [0.29, 0.717) is 50.3 Å². The quantitative estimate of drug-likeness (QED) is 0.609. The number of rotatable bonds is 7. The molecule has 0 bridgehead atoms. The Labute approximate surface area is 206 Å². The highest BCUT2D eigenvalue weighted by atomic mass is 16.7. The summed E-state index contributed by atoms with van der Waals surface area (Å²) in [5.41, 5.74) is 6.61. The number of pyridine rings is 1. The predicted octanol–water partition coefficient (Wildman–Crippen LogP) is 3.15. The van der Waals surface area contributed by atoms with Crippen LogP contribution in [0.2, 0.25) is 0 Å². The number of anilines is 1. The second-order valence-electron chi connectivity index (χ2n) is 9.55. The third-order valence-electron chi connectivity index (χ3n) is 7.20. The van der Waals surface area contributed by atoms with Crippen LogP contribution in [0, 0.1) is 11.3 Å². The molecule has 2 aromatic rings. The van der Waals surface area contributed by atoms with Crippen LogP contribution in [0.4, 0.5) is 10.5 Å². The number of fused-ring (bicyclic) bond motifs is 1. The van der Waals surface area contributed by atoms with E-state index in [1.807, 2.05) is 18.2 Å². The summed E-state index contributed by atoms with van der Waals surface area (Å²) in [6, 6.07) is 12.9. The Morgan fingerprint density at radius 2 is 2.03 bits per heavy atom. The normalized spacial score (nSPS) is 20.0. The summed E-state index contributed by atoms with van der Waals surface area (Å²) in [4.78, 5) is 28.8. The van der Waals surface area contributed by atoms with Gasteiger partial charge in [-0.1, -0.05) is 30.3 Å². The molecule has 3 aliphatic heterocycles. The van der Waals surface area contributed by atoms with Crippen molar-refractivity contribution in [3.8, 4) is 11.9 Å². The third-order valence-corrected chi connectivity index (χ3v) is 7.20. The standard InChI is InChI=1S/C26H32N6O3/c1-30-11-5-9-20(30)18-34-25-22(15-27)24(29-35-26(33)32-12-6-13-32)21-10-14-31(17-23(21)28-25)16-19-7-3-2-4-8-19/h2-4,7-8,20H,5-6,9-14,16-18H2,1H3,(H,28,29)/t20-/m0/s1. The van der Waals surface area contributed by atoms with E-state index in [1.54, 1.807) is 4.90 Å². The van der Waals surface area contributed by atoms with Crippen molar-refractivity contribution in [2.45, 2.75) is 44.8 Å². The first kappa shape index (κ1) is 23.4. The van der Waals surface area contributed by atoms with Gasteiger partial charge in [-0.3, -0.25) is 4.90 Å². The van der Waals surface area contributed by atoms with E-state index in [9.17, 15) is 10.1 Å². The molecule has 4 heterocycles. The summed E-state index contributed by atoms with van der Waals surface area (Å²) in [6.45, 7) is 5.16. The van der Waals surface area contributed by atoms with Crippen LogP contribution in [0.25, 0.3) is 0 Å². The van der Waals surface area contributed by atoms with Crippen LogP contribution >= 0.6 is 0 Å². The lowest BCUT2D eigenvalue weighted by molar-refractivity contribution is 0.0979. The number of carbonyl (C=O) groups excluding carboxylic acids is 1. The first-order chi connectivity index (χ1) is 17.1. The summed E-state index contributed by atoms with van der Waals surface area (Å²) in [6.07, 6.45) is 3.45. The van der Waals surface area contributed by atoms with Gasteiger partial charge in [0.25, 0.3) is 0 Å². The Morgan fingerprint density at radius 1 is 1.20 bits per heavy atom. The van der Waals surface area contributed by atoms with Crippen molar-refractivity contribution in [3.63, 3.8) is 0 Å². The zero-order chi connectivity index (χ0) is 24.2. The highest BCUT2D eigenvalue weighted by molar-refractivity contribution is 5.72. The van der Waals surface area contributed by atoms with E-state index in [1.165, 1.54) is 5.56 Å². The molecule has 0 spiro atoms. The first-order valence-corrected chi connectivity index (χ1v) is 12.4. The molecule has 0 aliphatic carbocycles. The van der Waals surface area contributed by atoms with E-state index >= 15 is 0 Å². The summed E-state index contributed by atoms with van der Waals surface area (Å²) < 4.78 is 6.14. The molecule has 3 aliphatic rings. The van der Waals surface area contributed by atoms with Crippen LogP contribution in [0.1, 0.15) is 41.6 Å². The number of nitriles is 1. The van der Waals surface area contributed by atoms with E-state index in [2.05, 4.69) is 40.5 Å². The number of likely N-dealkylation sites (N-methyl/N-ethyl adjacent to an activating group) is 1. The monoisotopic (exact) mass is 476 g/mol. The molecule has 1 N–H and O–H groups in total. The number of ether oxygens (including phenoxy) is 1. The smallest absolute Gasteiger partial charge is 0.434 e. The number of amides is 1. The minimum Gasteiger partial charge on any atom is -0.475 e. The van der Waals surface area contributed by atoms with Crippen molar-refractivity contribution in [2.75, 3.05) is 45.3 Å². The SMILES string of the molecule is CN1CCC[C@H]1COc1nc2c(c(NOC(=O)N3CCC3)c1C#N)CCN(Cc1ccccc1)C2. The Kier molecular flexibility index (Phi) is 7.02. The van der Waals surface area contributed by atoms with Crippen LogP contribution in [-0.2, 0) is 24.3 Å². The molecule has 1 aromatic carbocycles. The fourth-order valence-corrected chi connectivity index (χ4v) is 4.93. The maximum atomic E-state index is 12.3. The van der Waals surface area contributed by atoms with Crippen molar-refractivity contribution in [3.05, 3.63) is 52.7 Å². The zero-order valence-electron chi connectivity index (χ0n) is 20.2. The number of likely N-dealkylation sites (tertiary alicyclic amines) is 2.